The monoisotopic (exact) mass is 345 g/mol. The molecule has 0 aromatic heterocycles. The second-order valence-electron chi connectivity index (χ2n) is 6.87. The number of amides is 3. The maximum atomic E-state index is 12.7. The Bertz CT molecular complexity index is 614. The Labute approximate surface area is 149 Å². The molecule has 0 aliphatic carbocycles. The van der Waals surface area contributed by atoms with E-state index in [1.165, 1.54) is 5.56 Å². The standard InChI is InChI=1S/C19H27N3O3/c1-15-4-2-5-16(12-15)13-20-19(24)22-7-3-6-17(14-22)18(23)21-8-10-25-11-9-21/h2,4-5,12,17H,3,6-11,13-14H2,1H3,(H,20,24)/t17-/m1/s1. The minimum absolute atomic E-state index is 0.0824. The Balaban J connectivity index is 1.51. The molecule has 0 bridgehead atoms. The molecule has 1 aromatic rings. The van der Waals surface area contributed by atoms with Gasteiger partial charge in [0.25, 0.3) is 0 Å². The summed E-state index contributed by atoms with van der Waals surface area (Å²) < 4.78 is 5.31. The zero-order valence-corrected chi connectivity index (χ0v) is 14.9. The molecular weight excluding hydrogens is 318 g/mol. The maximum absolute atomic E-state index is 12.7. The van der Waals surface area contributed by atoms with Gasteiger partial charge in [-0.3, -0.25) is 4.79 Å². The zero-order chi connectivity index (χ0) is 17.6. The lowest BCUT2D eigenvalue weighted by Gasteiger charge is -2.36. The molecule has 1 aromatic carbocycles. The van der Waals surface area contributed by atoms with Gasteiger partial charge >= 0.3 is 6.03 Å². The topological polar surface area (TPSA) is 61.9 Å². The van der Waals surface area contributed by atoms with E-state index in [1.54, 1.807) is 4.90 Å². The second kappa shape index (κ2) is 8.34. The van der Waals surface area contributed by atoms with Gasteiger partial charge in [0.05, 0.1) is 19.1 Å². The van der Waals surface area contributed by atoms with Crippen LogP contribution < -0.4 is 5.32 Å². The fourth-order valence-electron chi connectivity index (χ4n) is 3.52. The number of rotatable bonds is 3. The number of aryl methyl sites for hydroxylation is 1. The van der Waals surface area contributed by atoms with Crippen molar-refractivity contribution in [2.75, 3.05) is 39.4 Å². The molecule has 2 heterocycles. The van der Waals surface area contributed by atoms with Crippen molar-refractivity contribution in [1.82, 2.24) is 15.1 Å². The number of nitrogens with one attached hydrogen (secondary N) is 1. The van der Waals surface area contributed by atoms with Crippen LogP contribution in [0.2, 0.25) is 0 Å². The summed E-state index contributed by atoms with van der Waals surface area (Å²) in [5, 5.41) is 2.98. The molecule has 0 saturated carbocycles. The fourth-order valence-corrected chi connectivity index (χ4v) is 3.52. The van der Waals surface area contributed by atoms with Gasteiger partial charge in [-0.25, -0.2) is 4.79 Å². The maximum Gasteiger partial charge on any atom is 0.317 e. The SMILES string of the molecule is Cc1cccc(CNC(=O)N2CCC[C@@H](C(=O)N3CCOCC3)C2)c1. The van der Waals surface area contributed by atoms with Gasteiger partial charge in [0.15, 0.2) is 0 Å². The molecule has 25 heavy (non-hydrogen) atoms. The average molecular weight is 345 g/mol. The van der Waals surface area contributed by atoms with Crippen LogP contribution in [0.15, 0.2) is 24.3 Å². The van der Waals surface area contributed by atoms with Gasteiger partial charge in [-0.05, 0) is 25.3 Å². The Morgan fingerprint density at radius 3 is 2.76 bits per heavy atom. The van der Waals surface area contributed by atoms with Crippen molar-refractivity contribution in [2.45, 2.75) is 26.3 Å². The third kappa shape index (κ3) is 4.72. The minimum atomic E-state index is -0.0865. The molecule has 2 aliphatic rings. The molecule has 0 unspecified atom stereocenters. The quantitative estimate of drug-likeness (QED) is 0.908. The highest BCUT2D eigenvalue weighted by atomic mass is 16.5. The van der Waals surface area contributed by atoms with Crippen LogP contribution in [0.25, 0.3) is 0 Å². The van der Waals surface area contributed by atoms with Crippen LogP contribution in [-0.2, 0) is 16.1 Å². The summed E-state index contributed by atoms with van der Waals surface area (Å²) in [6.07, 6.45) is 1.73. The van der Waals surface area contributed by atoms with Crippen LogP contribution in [0, 0.1) is 12.8 Å². The van der Waals surface area contributed by atoms with Crippen LogP contribution >= 0.6 is 0 Å². The van der Waals surface area contributed by atoms with E-state index in [-0.39, 0.29) is 17.9 Å². The average Bonchev–Trinajstić information content (AvgIpc) is 2.66. The summed E-state index contributed by atoms with van der Waals surface area (Å²) in [4.78, 5) is 28.8. The number of hydrogen-bond donors (Lipinski definition) is 1. The van der Waals surface area contributed by atoms with E-state index in [4.69, 9.17) is 4.74 Å². The molecular formula is C19H27N3O3. The first kappa shape index (κ1) is 17.7. The van der Waals surface area contributed by atoms with E-state index < -0.39 is 0 Å². The van der Waals surface area contributed by atoms with E-state index in [9.17, 15) is 9.59 Å². The first-order chi connectivity index (χ1) is 12.1. The van der Waals surface area contributed by atoms with E-state index in [0.29, 0.717) is 45.9 Å². The number of hydrogen-bond acceptors (Lipinski definition) is 3. The fraction of sp³-hybridized carbons (Fsp3) is 0.579. The first-order valence-corrected chi connectivity index (χ1v) is 9.08. The molecule has 0 radical (unpaired) electrons. The summed E-state index contributed by atoms with van der Waals surface area (Å²) in [6, 6.07) is 8.03. The predicted molar refractivity (Wildman–Crippen MR) is 95.1 cm³/mol. The van der Waals surface area contributed by atoms with Crippen molar-refractivity contribution in [2.24, 2.45) is 5.92 Å². The van der Waals surface area contributed by atoms with Gasteiger partial charge < -0.3 is 19.9 Å². The highest BCUT2D eigenvalue weighted by Gasteiger charge is 2.31. The third-order valence-corrected chi connectivity index (χ3v) is 4.91. The molecule has 2 fully saturated rings. The number of urea groups is 1. The van der Waals surface area contributed by atoms with Gasteiger partial charge in [-0.2, -0.15) is 0 Å². The number of carbonyl (C=O) groups excluding carboxylic acids is 2. The number of morpholine rings is 1. The number of carbonyl (C=O) groups is 2. The summed E-state index contributed by atoms with van der Waals surface area (Å²) in [5.41, 5.74) is 2.27. The van der Waals surface area contributed by atoms with Gasteiger partial charge in [-0.1, -0.05) is 29.8 Å². The van der Waals surface area contributed by atoms with Crippen molar-refractivity contribution in [3.8, 4) is 0 Å². The Morgan fingerprint density at radius 1 is 1.20 bits per heavy atom. The van der Waals surface area contributed by atoms with Crippen molar-refractivity contribution < 1.29 is 14.3 Å². The highest BCUT2D eigenvalue weighted by Crippen LogP contribution is 2.19. The number of benzene rings is 1. The lowest BCUT2D eigenvalue weighted by atomic mass is 9.96. The summed E-state index contributed by atoms with van der Waals surface area (Å²) in [7, 11) is 0. The van der Waals surface area contributed by atoms with Crippen molar-refractivity contribution in [3.05, 3.63) is 35.4 Å². The Hall–Kier alpha value is -2.08. The second-order valence-corrected chi connectivity index (χ2v) is 6.87. The smallest absolute Gasteiger partial charge is 0.317 e. The Morgan fingerprint density at radius 2 is 2.00 bits per heavy atom. The van der Waals surface area contributed by atoms with E-state index >= 15 is 0 Å². The van der Waals surface area contributed by atoms with Crippen LogP contribution in [0.5, 0.6) is 0 Å². The number of piperidine rings is 1. The lowest BCUT2D eigenvalue weighted by molar-refractivity contribution is -0.141. The lowest BCUT2D eigenvalue weighted by Crippen LogP contribution is -2.51. The Kier molecular flexibility index (Phi) is 5.91. The molecule has 6 nitrogen and oxygen atoms in total. The number of nitrogens with zero attached hydrogens (tertiary/aromatic N) is 2. The molecule has 1 N–H and O–H groups in total. The normalized spacial score (nSPS) is 21.1. The number of ether oxygens (including phenoxy) is 1. The summed E-state index contributed by atoms with van der Waals surface area (Å²) in [6.45, 7) is 6.32. The molecule has 2 aliphatic heterocycles. The molecule has 0 spiro atoms. The zero-order valence-electron chi connectivity index (χ0n) is 14.9. The van der Waals surface area contributed by atoms with E-state index in [1.807, 2.05) is 30.0 Å². The van der Waals surface area contributed by atoms with Crippen molar-refractivity contribution in [3.63, 3.8) is 0 Å². The largest absolute Gasteiger partial charge is 0.378 e. The van der Waals surface area contributed by atoms with Crippen LogP contribution in [0.1, 0.15) is 24.0 Å². The summed E-state index contributed by atoms with van der Waals surface area (Å²) >= 11 is 0. The van der Waals surface area contributed by atoms with Crippen LogP contribution in [0.4, 0.5) is 4.79 Å². The van der Waals surface area contributed by atoms with E-state index in [0.717, 1.165) is 18.4 Å². The van der Waals surface area contributed by atoms with Crippen molar-refractivity contribution >= 4 is 11.9 Å². The molecule has 136 valence electrons. The van der Waals surface area contributed by atoms with Crippen LogP contribution in [-0.4, -0.2) is 61.1 Å². The van der Waals surface area contributed by atoms with E-state index in [2.05, 4.69) is 11.4 Å². The van der Waals surface area contributed by atoms with Crippen LogP contribution in [0.3, 0.4) is 0 Å². The predicted octanol–water partition coefficient (Wildman–Crippen LogP) is 1.78. The molecule has 3 rings (SSSR count). The van der Waals surface area contributed by atoms with Gasteiger partial charge in [-0.15, -0.1) is 0 Å². The van der Waals surface area contributed by atoms with Gasteiger partial charge in [0.2, 0.25) is 5.91 Å². The molecule has 3 amide bonds. The highest BCUT2D eigenvalue weighted by molar-refractivity contribution is 5.81. The number of likely N-dealkylation sites (tertiary alicyclic amines) is 1. The first-order valence-electron chi connectivity index (χ1n) is 9.08. The molecule has 2 saturated heterocycles. The van der Waals surface area contributed by atoms with Gasteiger partial charge in [0.1, 0.15) is 0 Å². The van der Waals surface area contributed by atoms with Crippen molar-refractivity contribution in [1.29, 1.82) is 0 Å². The molecule has 1 atom stereocenters. The van der Waals surface area contributed by atoms with Gasteiger partial charge in [0, 0.05) is 32.7 Å². The third-order valence-electron chi connectivity index (χ3n) is 4.91. The minimum Gasteiger partial charge on any atom is -0.378 e. The molecule has 6 heteroatoms. The summed E-state index contributed by atoms with van der Waals surface area (Å²) in [5.74, 6) is 0.0797.